The first-order valence-electron chi connectivity index (χ1n) is 7.10. The summed E-state index contributed by atoms with van der Waals surface area (Å²) >= 11 is 0. The number of nitrogens with one attached hydrogen (secondary N) is 2. The van der Waals surface area contributed by atoms with E-state index in [-0.39, 0.29) is 17.6 Å². The van der Waals surface area contributed by atoms with Crippen molar-refractivity contribution in [2.24, 2.45) is 5.92 Å². The average Bonchev–Trinajstić information content (AvgIpc) is 3.33. The molecule has 108 valence electrons. The number of carbonyl (C=O) groups excluding carboxylic acids is 1. The van der Waals surface area contributed by atoms with Crippen LogP contribution < -0.4 is 10.6 Å². The van der Waals surface area contributed by atoms with Gasteiger partial charge in [-0.05, 0) is 54.8 Å². The molecule has 1 aliphatic carbocycles. The van der Waals surface area contributed by atoms with Crippen molar-refractivity contribution < 1.29 is 9.18 Å². The van der Waals surface area contributed by atoms with Gasteiger partial charge >= 0.3 is 0 Å². The first-order chi connectivity index (χ1) is 10.2. The Bertz CT molecular complexity index is 618. The Labute approximate surface area is 123 Å². The standard InChI is InChI=1S/C17H17FN2O/c18-14-5-1-12(2-6-14)11-19-15-7-9-16(10-8-15)20-17(21)13-3-4-13/h1-2,5-10,13,19H,3-4,11H2,(H,20,21). The maximum absolute atomic E-state index is 12.8. The minimum atomic E-state index is -0.227. The first kappa shape index (κ1) is 13.6. The Hall–Kier alpha value is -2.36. The fourth-order valence-electron chi connectivity index (χ4n) is 2.07. The molecule has 1 fully saturated rings. The van der Waals surface area contributed by atoms with Crippen LogP contribution in [0.2, 0.25) is 0 Å². The van der Waals surface area contributed by atoms with Crippen molar-refractivity contribution >= 4 is 17.3 Å². The van der Waals surface area contributed by atoms with Gasteiger partial charge in [-0.1, -0.05) is 12.1 Å². The summed E-state index contributed by atoms with van der Waals surface area (Å²) in [5.74, 6) is 0.0952. The van der Waals surface area contributed by atoms with Gasteiger partial charge in [0.05, 0.1) is 0 Å². The minimum absolute atomic E-state index is 0.113. The average molecular weight is 284 g/mol. The molecule has 0 unspecified atom stereocenters. The molecule has 4 heteroatoms. The topological polar surface area (TPSA) is 41.1 Å². The van der Waals surface area contributed by atoms with Crippen molar-refractivity contribution in [2.75, 3.05) is 10.6 Å². The third-order valence-electron chi connectivity index (χ3n) is 3.51. The number of anilines is 2. The van der Waals surface area contributed by atoms with Crippen molar-refractivity contribution in [2.45, 2.75) is 19.4 Å². The second-order valence-corrected chi connectivity index (χ2v) is 5.32. The van der Waals surface area contributed by atoms with E-state index < -0.39 is 0 Å². The van der Waals surface area contributed by atoms with Gasteiger partial charge < -0.3 is 10.6 Å². The van der Waals surface area contributed by atoms with E-state index >= 15 is 0 Å². The molecule has 0 spiro atoms. The Morgan fingerprint density at radius 3 is 2.24 bits per heavy atom. The number of benzene rings is 2. The molecule has 2 aromatic carbocycles. The molecule has 2 N–H and O–H groups in total. The van der Waals surface area contributed by atoms with Crippen LogP contribution in [0.1, 0.15) is 18.4 Å². The summed E-state index contributed by atoms with van der Waals surface area (Å²) in [5.41, 5.74) is 2.80. The van der Waals surface area contributed by atoms with Crippen LogP contribution >= 0.6 is 0 Å². The zero-order valence-corrected chi connectivity index (χ0v) is 11.6. The zero-order chi connectivity index (χ0) is 14.7. The van der Waals surface area contributed by atoms with Crippen molar-refractivity contribution in [3.63, 3.8) is 0 Å². The maximum atomic E-state index is 12.8. The highest BCUT2D eigenvalue weighted by Crippen LogP contribution is 2.30. The third-order valence-corrected chi connectivity index (χ3v) is 3.51. The van der Waals surface area contributed by atoms with E-state index in [2.05, 4.69) is 10.6 Å². The normalized spacial score (nSPS) is 13.8. The van der Waals surface area contributed by atoms with Gasteiger partial charge in [-0.25, -0.2) is 4.39 Å². The smallest absolute Gasteiger partial charge is 0.227 e. The summed E-state index contributed by atoms with van der Waals surface area (Å²) in [5, 5.41) is 6.16. The Morgan fingerprint density at radius 1 is 1.00 bits per heavy atom. The summed E-state index contributed by atoms with van der Waals surface area (Å²) in [7, 11) is 0. The minimum Gasteiger partial charge on any atom is -0.381 e. The second kappa shape index (κ2) is 5.95. The number of halogens is 1. The van der Waals surface area contributed by atoms with E-state index in [1.807, 2.05) is 24.3 Å². The van der Waals surface area contributed by atoms with Gasteiger partial charge in [-0.15, -0.1) is 0 Å². The van der Waals surface area contributed by atoms with Crippen LogP contribution in [0.25, 0.3) is 0 Å². The van der Waals surface area contributed by atoms with Gasteiger partial charge in [-0.2, -0.15) is 0 Å². The molecule has 0 aliphatic heterocycles. The molecule has 0 aromatic heterocycles. The largest absolute Gasteiger partial charge is 0.381 e. The van der Waals surface area contributed by atoms with E-state index in [0.29, 0.717) is 6.54 Å². The van der Waals surface area contributed by atoms with Crippen molar-refractivity contribution in [1.29, 1.82) is 0 Å². The third kappa shape index (κ3) is 3.81. The fourth-order valence-corrected chi connectivity index (χ4v) is 2.07. The number of amides is 1. The number of hydrogen-bond acceptors (Lipinski definition) is 2. The van der Waals surface area contributed by atoms with Crippen LogP contribution in [0.3, 0.4) is 0 Å². The molecule has 3 nitrogen and oxygen atoms in total. The van der Waals surface area contributed by atoms with Crippen LogP contribution in [-0.4, -0.2) is 5.91 Å². The highest BCUT2D eigenvalue weighted by atomic mass is 19.1. The molecule has 2 aromatic rings. The Balaban J connectivity index is 1.54. The molecule has 3 rings (SSSR count). The molecule has 0 saturated heterocycles. The second-order valence-electron chi connectivity index (χ2n) is 5.32. The van der Waals surface area contributed by atoms with Crippen LogP contribution in [0, 0.1) is 11.7 Å². The van der Waals surface area contributed by atoms with Gasteiger partial charge in [0, 0.05) is 23.8 Å². The van der Waals surface area contributed by atoms with Crippen molar-refractivity contribution in [3.05, 3.63) is 59.9 Å². The lowest BCUT2D eigenvalue weighted by Gasteiger charge is -2.08. The molecule has 0 atom stereocenters. The highest BCUT2D eigenvalue weighted by Gasteiger charge is 2.29. The van der Waals surface area contributed by atoms with Crippen molar-refractivity contribution in [1.82, 2.24) is 0 Å². The van der Waals surface area contributed by atoms with Gasteiger partial charge in [0.2, 0.25) is 5.91 Å². The number of rotatable bonds is 5. The molecule has 1 aliphatic rings. The molecular weight excluding hydrogens is 267 g/mol. The number of hydrogen-bond donors (Lipinski definition) is 2. The van der Waals surface area contributed by atoms with E-state index in [4.69, 9.17) is 0 Å². The van der Waals surface area contributed by atoms with Crippen LogP contribution in [0.15, 0.2) is 48.5 Å². The zero-order valence-electron chi connectivity index (χ0n) is 11.6. The number of carbonyl (C=O) groups is 1. The summed E-state index contributed by atoms with van der Waals surface area (Å²) in [4.78, 5) is 11.6. The molecule has 1 amide bonds. The molecule has 0 bridgehead atoms. The predicted molar refractivity (Wildman–Crippen MR) is 81.5 cm³/mol. The lowest BCUT2D eigenvalue weighted by Crippen LogP contribution is -2.13. The fraction of sp³-hybridized carbons (Fsp3) is 0.235. The Morgan fingerprint density at radius 2 is 1.62 bits per heavy atom. The van der Waals surface area contributed by atoms with Gasteiger partial charge in [0.25, 0.3) is 0 Å². The summed E-state index contributed by atoms with van der Waals surface area (Å²) in [6.07, 6.45) is 2.01. The summed E-state index contributed by atoms with van der Waals surface area (Å²) < 4.78 is 12.8. The van der Waals surface area contributed by atoms with E-state index in [1.54, 1.807) is 12.1 Å². The van der Waals surface area contributed by atoms with Gasteiger partial charge in [-0.3, -0.25) is 4.79 Å². The quantitative estimate of drug-likeness (QED) is 0.877. The molecule has 21 heavy (non-hydrogen) atoms. The predicted octanol–water partition coefficient (Wildman–Crippen LogP) is 3.79. The lowest BCUT2D eigenvalue weighted by atomic mass is 10.2. The molecular formula is C17H17FN2O. The van der Waals surface area contributed by atoms with Gasteiger partial charge in [0.15, 0.2) is 0 Å². The van der Waals surface area contributed by atoms with Crippen LogP contribution in [0.4, 0.5) is 15.8 Å². The molecule has 0 heterocycles. The Kier molecular flexibility index (Phi) is 3.86. The molecule has 0 radical (unpaired) electrons. The SMILES string of the molecule is O=C(Nc1ccc(NCc2ccc(F)cc2)cc1)C1CC1. The van der Waals surface area contributed by atoms with Crippen LogP contribution in [0.5, 0.6) is 0 Å². The highest BCUT2D eigenvalue weighted by molar-refractivity contribution is 5.94. The van der Waals surface area contributed by atoms with Crippen molar-refractivity contribution in [3.8, 4) is 0 Å². The van der Waals surface area contributed by atoms with E-state index in [0.717, 1.165) is 29.8 Å². The van der Waals surface area contributed by atoms with Gasteiger partial charge in [0.1, 0.15) is 5.82 Å². The van der Waals surface area contributed by atoms with E-state index in [1.165, 1.54) is 12.1 Å². The monoisotopic (exact) mass is 284 g/mol. The summed E-state index contributed by atoms with van der Waals surface area (Å²) in [6.45, 7) is 0.633. The summed E-state index contributed by atoms with van der Waals surface area (Å²) in [6, 6.07) is 14.0. The first-order valence-corrected chi connectivity index (χ1v) is 7.10. The molecule has 1 saturated carbocycles. The van der Waals surface area contributed by atoms with E-state index in [9.17, 15) is 9.18 Å². The lowest BCUT2D eigenvalue weighted by molar-refractivity contribution is -0.117. The van der Waals surface area contributed by atoms with Crippen LogP contribution in [-0.2, 0) is 11.3 Å². The maximum Gasteiger partial charge on any atom is 0.227 e.